The first-order chi connectivity index (χ1) is 25.4. The van der Waals surface area contributed by atoms with Crippen LogP contribution in [-0.4, -0.2) is 80.0 Å². The predicted octanol–water partition coefficient (Wildman–Crippen LogP) is 4.81. The number of aliphatic hydroxyl groups is 1. The molecule has 6 rings (SSSR count). The first-order valence-electron chi connectivity index (χ1n) is 16.8. The van der Waals surface area contributed by atoms with Crippen molar-refractivity contribution in [3.05, 3.63) is 154 Å². The SMILES string of the molecule is COCCO[C@H]1[C@H](O)[C@@H](COC(c2ccccc2)(c2ccc(OC)cc2)c2ccc(OC)cc2)O[C@H]1n1ccc(NC(=O)c2ccccc2)nc1=O. The van der Waals surface area contributed by atoms with Gasteiger partial charge in [-0.1, -0.05) is 72.8 Å². The number of nitrogens with one attached hydrogen (secondary N) is 1. The Balaban J connectivity index is 1.33. The number of rotatable bonds is 15. The van der Waals surface area contributed by atoms with Crippen molar-refractivity contribution < 1.29 is 38.3 Å². The number of benzene rings is 4. The molecule has 1 aromatic heterocycles. The minimum atomic E-state index is -1.22. The third-order valence-corrected chi connectivity index (χ3v) is 8.93. The van der Waals surface area contributed by atoms with E-state index in [0.717, 1.165) is 16.7 Å². The van der Waals surface area contributed by atoms with Crippen molar-refractivity contribution in [1.29, 1.82) is 0 Å². The van der Waals surface area contributed by atoms with Crippen molar-refractivity contribution in [3.8, 4) is 11.5 Å². The topological polar surface area (TPSA) is 140 Å². The van der Waals surface area contributed by atoms with Gasteiger partial charge in [0.05, 0.1) is 34.0 Å². The Hall–Kier alpha value is -5.37. The lowest BCUT2D eigenvalue weighted by atomic mass is 9.80. The van der Waals surface area contributed by atoms with Crippen LogP contribution in [0.5, 0.6) is 11.5 Å². The van der Waals surface area contributed by atoms with E-state index < -0.39 is 41.7 Å². The summed E-state index contributed by atoms with van der Waals surface area (Å²) in [5.74, 6) is 1.01. The molecule has 5 aromatic rings. The number of nitrogens with zero attached hydrogens (tertiary/aromatic N) is 2. The van der Waals surface area contributed by atoms with E-state index in [4.69, 9.17) is 28.4 Å². The van der Waals surface area contributed by atoms with Gasteiger partial charge in [0.25, 0.3) is 5.91 Å². The van der Waals surface area contributed by atoms with Gasteiger partial charge in [0.15, 0.2) is 6.23 Å². The fourth-order valence-corrected chi connectivity index (χ4v) is 6.26. The van der Waals surface area contributed by atoms with Gasteiger partial charge < -0.3 is 38.8 Å². The van der Waals surface area contributed by atoms with Gasteiger partial charge in [-0.05, 0) is 59.2 Å². The summed E-state index contributed by atoms with van der Waals surface area (Å²) in [5.41, 5.74) is 0.965. The zero-order chi connectivity index (χ0) is 36.5. The van der Waals surface area contributed by atoms with Crippen LogP contribution in [0, 0.1) is 0 Å². The van der Waals surface area contributed by atoms with E-state index in [1.54, 1.807) is 44.6 Å². The number of hydrogen-bond acceptors (Lipinski definition) is 10. The highest BCUT2D eigenvalue weighted by molar-refractivity contribution is 6.03. The minimum absolute atomic E-state index is 0.0667. The number of carbonyl (C=O) groups is 1. The molecule has 0 unspecified atom stereocenters. The van der Waals surface area contributed by atoms with Crippen molar-refractivity contribution in [2.75, 3.05) is 46.5 Å². The number of carbonyl (C=O) groups excluding carboxylic acids is 1. The Morgan fingerprint density at radius 2 is 1.38 bits per heavy atom. The van der Waals surface area contributed by atoms with Crippen LogP contribution in [0.1, 0.15) is 33.3 Å². The van der Waals surface area contributed by atoms with Crippen LogP contribution in [0.25, 0.3) is 0 Å². The lowest BCUT2D eigenvalue weighted by Gasteiger charge is -2.37. The fourth-order valence-electron chi connectivity index (χ4n) is 6.26. The molecule has 1 fully saturated rings. The number of aliphatic hydroxyl groups excluding tert-OH is 1. The van der Waals surface area contributed by atoms with Crippen molar-refractivity contribution in [2.45, 2.75) is 30.1 Å². The lowest BCUT2D eigenvalue weighted by molar-refractivity contribution is -0.0993. The van der Waals surface area contributed by atoms with E-state index in [2.05, 4.69) is 10.3 Å². The molecule has 1 saturated heterocycles. The zero-order valence-corrected chi connectivity index (χ0v) is 29.1. The number of amides is 1. The van der Waals surface area contributed by atoms with Crippen molar-refractivity contribution >= 4 is 11.7 Å². The molecule has 270 valence electrons. The zero-order valence-electron chi connectivity index (χ0n) is 29.1. The summed E-state index contributed by atoms with van der Waals surface area (Å²) in [5, 5.41) is 14.4. The Morgan fingerprint density at radius 3 is 1.94 bits per heavy atom. The molecule has 0 spiro atoms. The summed E-state index contributed by atoms with van der Waals surface area (Å²) in [6, 6.07) is 35.0. The van der Waals surface area contributed by atoms with Gasteiger partial charge >= 0.3 is 5.69 Å². The van der Waals surface area contributed by atoms with Gasteiger partial charge in [0, 0.05) is 18.9 Å². The first-order valence-corrected chi connectivity index (χ1v) is 16.8. The Kier molecular flexibility index (Phi) is 11.7. The molecule has 0 saturated carbocycles. The Morgan fingerprint density at radius 1 is 0.808 bits per heavy atom. The van der Waals surface area contributed by atoms with Gasteiger partial charge in [-0.15, -0.1) is 0 Å². The summed E-state index contributed by atoms with van der Waals surface area (Å²) < 4.78 is 36.8. The van der Waals surface area contributed by atoms with E-state index >= 15 is 0 Å². The largest absolute Gasteiger partial charge is 0.497 e. The molecule has 2 N–H and O–H groups in total. The molecule has 12 nitrogen and oxygen atoms in total. The second-order valence-electron chi connectivity index (χ2n) is 12.0. The molecular weight excluding hydrogens is 666 g/mol. The van der Waals surface area contributed by atoms with Gasteiger partial charge in [0.2, 0.25) is 0 Å². The predicted molar refractivity (Wildman–Crippen MR) is 193 cm³/mol. The highest BCUT2D eigenvalue weighted by atomic mass is 16.6. The highest BCUT2D eigenvalue weighted by Crippen LogP contribution is 2.43. The maximum Gasteiger partial charge on any atom is 0.351 e. The molecule has 1 amide bonds. The second kappa shape index (κ2) is 16.8. The number of hydrogen-bond donors (Lipinski definition) is 2. The molecule has 0 bridgehead atoms. The molecule has 52 heavy (non-hydrogen) atoms. The summed E-state index contributed by atoms with van der Waals surface area (Å²) in [6.45, 7) is 0.271. The molecule has 1 aliphatic heterocycles. The van der Waals surface area contributed by atoms with E-state index in [9.17, 15) is 14.7 Å². The maximum absolute atomic E-state index is 13.4. The second-order valence-corrected chi connectivity index (χ2v) is 12.0. The van der Waals surface area contributed by atoms with Crippen LogP contribution in [-0.2, 0) is 24.5 Å². The number of methoxy groups -OCH3 is 3. The number of aromatic nitrogens is 2. The normalized spacial score (nSPS) is 18.5. The monoisotopic (exact) mass is 707 g/mol. The van der Waals surface area contributed by atoms with Crippen molar-refractivity contribution in [1.82, 2.24) is 9.55 Å². The fraction of sp³-hybridized carbons (Fsp3) is 0.275. The third kappa shape index (κ3) is 7.76. The summed E-state index contributed by atoms with van der Waals surface area (Å²) in [4.78, 5) is 30.2. The first kappa shape index (κ1) is 36.4. The highest BCUT2D eigenvalue weighted by Gasteiger charge is 2.48. The van der Waals surface area contributed by atoms with Crippen LogP contribution in [0.2, 0.25) is 0 Å². The third-order valence-electron chi connectivity index (χ3n) is 8.93. The maximum atomic E-state index is 13.4. The van der Waals surface area contributed by atoms with Crippen LogP contribution < -0.4 is 20.5 Å². The molecular formula is C40H41N3O9. The van der Waals surface area contributed by atoms with E-state index in [1.807, 2.05) is 78.9 Å². The van der Waals surface area contributed by atoms with Crippen LogP contribution in [0.3, 0.4) is 0 Å². The van der Waals surface area contributed by atoms with Crippen LogP contribution in [0.4, 0.5) is 5.82 Å². The quantitative estimate of drug-likeness (QED) is 0.115. The van der Waals surface area contributed by atoms with E-state index in [1.165, 1.54) is 23.9 Å². The molecule has 0 radical (unpaired) electrons. The Labute approximate surface area is 301 Å². The average Bonchev–Trinajstić information content (AvgIpc) is 3.50. The summed E-state index contributed by atoms with van der Waals surface area (Å²) >= 11 is 0. The van der Waals surface area contributed by atoms with Gasteiger partial charge in [-0.2, -0.15) is 4.98 Å². The van der Waals surface area contributed by atoms with Gasteiger partial charge in [-0.3, -0.25) is 9.36 Å². The minimum Gasteiger partial charge on any atom is -0.497 e. The smallest absolute Gasteiger partial charge is 0.351 e. The lowest BCUT2D eigenvalue weighted by Crippen LogP contribution is -2.41. The molecule has 1 aliphatic rings. The standard InChI is InChI=1S/C40H41N3O9/c1-47-24-25-50-36-35(44)33(52-38(36)43-23-22-34(42-39(43)46)41-37(45)27-10-6-4-7-11-27)26-51-40(28-12-8-5-9-13-28,29-14-18-31(48-2)19-15-29)30-16-20-32(49-3)21-17-30/h4-23,33,35-36,38,44H,24-26H2,1-3H3,(H,41,42,45,46)/t33-,35-,36+,38-/m1/s1. The molecule has 4 aromatic carbocycles. The number of ether oxygens (including phenoxy) is 6. The molecule has 12 heteroatoms. The van der Waals surface area contributed by atoms with Crippen molar-refractivity contribution in [3.63, 3.8) is 0 Å². The van der Waals surface area contributed by atoms with Crippen LogP contribution >= 0.6 is 0 Å². The van der Waals surface area contributed by atoms with Crippen molar-refractivity contribution in [2.24, 2.45) is 0 Å². The molecule has 0 aliphatic carbocycles. The average molecular weight is 708 g/mol. The molecule has 4 atom stereocenters. The van der Waals surface area contributed by atoms with E-state index in [-0.39, 0.29) is 25.6 Å². The van der Waals surface area contributed by atoms with Gasteiger partial charge in [-0.25, -0.2) is 4.79 Å². The van der Waals surface area contributed by atoms with Crippen LogP contribution in [0.15, 0.2) is 126 Å². The number of anilines is 1. The summed E-state index contributed by atoms with van der Waals surface area (Å²) in [7, 11) is 4.75. The van der Waals surface area contributed by atoms with Gasteiger partial charge in [0.1, 0.15) is 41.2 Å². The Bertz CT molecular complexity index is 1910. The molecule has 2 heterocycles. The summed E-state index contributed by atoms with van der Waals surface area (Å²) in [6.07, 6.45) is -2.77. The van der Waals surface area contributed by atoms with E-state index in [0.29, 0.717) is 17.1 Å².